The minimum absolute atomic E-state index is 0.0141. The minimum atomic E-state index is -3.91. The predicted molar refractivity (Wildman–Crippen MR) is 131 cm³/mol. The van der Waals surface area contributed by atoms with Crippen LogP contribution in [0.1, 0.15) is 32.7 Å². The Morgan fingerprint density at radius 2 is 1.83 bits per heavy atom. The van der Waals surface area contributed by atoms with Gasteiger partial charge < -0.3 is 14.8 Å². The van der Waals surface area contributed by atoms with E-state index in [4.69, 9.17) is 9.47 Å². The number of carbonyl (C=O) groups is 3. The van der Waals surface area contributed by atoms with Crippen LogP contribution in [0, 0.1) is 0 Å². The molecule has 0 fully saturated rings. The lowest BCUT2D eigenvalue weighted by molar-refractivity contribution is -0.118. The van der Waals surface area contributed by atoms with Gasteiger partial charge >= 0.3 is 5.97 Å². The van der Waals surface area contributed by atoms with E-state index in [1.807, 2.05) is 12.1 Å². The van der Waals surface area contributed by atoms with E-state index in [-0.39, 0.29) is 28.5 Å². The summed E-state index contributed by atoms with van der Waals surface area (Å²) >= 11 is 0. The van der Waals surface area contributed by atoms with Crippen LogP contribution >= 0.6 is 0 Å². The van der Waals surface area contributed by atoms with Crippen LogP contribution in [0.25, 0.3) is 0 Å². The van der Waals surface area contributed by atoms with E-state index in [2.05, 4.69) is 5.32 Å². The van der Waals surface area contributed by atoms with E-state index >= 15 is 0 Å². The predicted octanol–water partition coefficient (Wildman–Crippen LogP) is 3.20. The van der Waals surface area contributed by atoms with Crippen LogP contribution < -0.4 is 14.4 Å². The van der Waals surface area contributed by atoms with Gasteiger partial charge in [-0.2, -0.15) is 0 Å². The molecule has 0 atom stereocenters. The number of rotatable bonds is 6. The van der Waals surface area contributed by atoms with Crippen molar-refractivity contribution in [1.82, 2.24) is 0 Å². The van der Waals surface area contributed by atoms with Gasteiger partial charge in [0.1, 0.15) is 5.75 Å². The second-order valence-electron chi connectivity index (χ2n) is 8.38. The average Bonchev–Trinajstić information content (AvgIpc) is 2.90. The Bertz CT molecular complexity index is 1480. The van der Waals surface area contributed by atoms with Gasteiger partial charge in [-0.15, -0.1) is 0 Å². The number of ether oxygens (including phenoxy) is 2. The second-order valence-corrected chi connectivity index (χ2v) is 10.2. The fourth-order valence-corrected chi connectivity index (χ4v) is 5.80. The molecule has 0 aromatic heterocycles. The molecule has 36 heavy (non-hydrogen) atoms. The third-order valence-electron chi connectivity index (χ3n) is 5.99. The third-order valence-corrected chi connectivity index (χ3v) is 7.80. The largest absolute Gasteiger partial charge is 0.482 e. The number of nitrogens with zero attached hydrogens (tertiary/aromatic N) is 1. The van der Waals surface area contributed by atoms with Gasteiger partial charge in [0, 0.05) is 12.1 Å². The normalized spacial score (nSPS) is 14.7. The number of hydrogen-bond donors (Lipinski definition) is 1. The Kier molecular flexibility index (Phi) is 6.19. The smallest absolute Gasteiger partial charge is 0.338 e. The maximum absolute atomic E-state index is 13.4. The standard InChI is InChI=1S/C26H22N2O7S/c29-23(18-10-11-24-21(14-18)27-25(30)16-34-24)15-35-26(31)19-6-3-8-20(13-19)36(32,33)28-12-4-7-17-5-1-2-9-22(17)28/h1-3,5-6,8-11,13-14H,4,7,12,15-16H2,(H,27,30). The van der Waals surface area contributed by atoms with Crippen molar-refractivity contribution in [2.45, 2.75) is 17.7 Å². The molecule has 1 N–H and O–H groups in total. The molecule has 184 valence electrons. The van der Waals surface area contributed by atoms with Gasteiger partial charge in [0.2, 0.25) is 0 Å². The number of benzene rings is 3. The zero-order valence-electron chi connectivity index (χ0n) is 19.1. The molecule has 2 aliphatic heterocycles. The molecule has 0 saturated heterocycles. The first-order chi connectivity index (χ1) is 17.3. The summed E-state index contributed by atoms with van der Waals surface area (Å²) < 4.78 is 38.6. The molecular weight excluding hydrogens is 484 g/mol. The van der Waals surface area contributed by atoms with Crippen LogP contribution in [0.2, 0.25) is 0 Å². The Balaban J connectivity index is 1.30. The Hall–Kier alpha value is -4.18. The SMILES string of the molecule is O=C1COc2ccc(C(=O)COC(=O)c3cccc(S(=O)(=O)N4CCCc5ccccc54)c3)cc2N1. The lowest BCUT2D eigenvalue weighted by Gasteiger charge is -2.30. The van der Waals surface area contributed by atoms with Gasteiger partial charge in [-0.1, -0.05) is 24.3 Å². The molecule has 10 heteroatoms. The van der Waals surface area contributed by atoms with Crippen LogP contribution in [-0.2, 0) is 26.0 Å². The van der Waals surface area contributed by atoms with E-state index in [1.54, 1.807) is 18.2 Å². The second kappa shape index (κ2) is 9.46. The molecule has 0 saturated carbocycles. The summed E-state index contributed by atoms with van der Waals surface area (Å²) in [5, 5.41) is 2.61. The molecule has 2 heterocycles. The summed E-state index contributed by atoms with van der Waals surface area (Å²) in [7, 11) is -3.91. The van der Waals surface area contributed by atoms with Crippen LogP contribution in [0.5, 0.6) is 5.75 Å². The number of anilines is 2. The van der Waals surface area contributed by atoms with Crippen molar-refractivity contribution in [3.63, 3.8) is 0 Å². The zero-order valence-corrected chi connectivity index (χ0v) is 19.9. The number of fused-ring (bicyclic) bond motifs is 2. The topological polar surface area (TPSA) is 119 Å². The monoisotopic (exact) mass is 506 g/mol. The van der Waals surface area contributed by atoms with Gasteiger partial charge in [-0.3, -0.25) is 13.9 Å². The summed E-state index contributed by atoms with van der Waals surface area (Å²) in [4.78, 5) is 36.7. The van der Waals surface area contributed by atoms with Gasteiger partial charge in [-0.25, -0.2) is 13.2 Å². The van der Waals surface area contributed by atoms with E-state index in [1.165, 1.54) is 40.7 Å². The average molecular weight is 507 g/mol. The summed E-state index contributed by atoms with van der Waals surface area (Å²) in [6.45, 7) is -0.311. The number of Topliss-reactive ketones (excluding diaryl/α,β-unsaturated/α-hetero) is 1. The van der Waals surface area contributed by atoms with Crippen molar-refractivity contribution in [1.29, 1.82) is 0 Å². The molecule has 0 radical (unpaired) electrons. The van der Waals surface area contributed by atoms with E-state index < -0.39 is 28.4 Å². The minimum Gasteiger partial charge on any atom is -0.482 e. The lowest BCUT2D eigenvalue weighted by atomic mass is 10.0. The van der Waals surface area contributed by atoms with Gasteiger partial charge in [0.05, 0.1) is 21.8 Å². The van der Waals surface area contributed by atoms with Crippen LogP contribution in [-0.4, -0.2) is 45.8 Å². The highest BCUT2D eigenvalue weighted by atomic mass is 32.2. The molecule has 0 spiro atoms. The van der Waals surface area contributed by atoms with Crippen LogP contribution in [0.4, 0.5) is 11.4 Å². The van der Waals surface area contributed by atoms with Gasteiger partial charge in [0.15, 0.2) is 19.0 Å². The molecule has 0 bridgehead atoms. The van der Waals surface area contributed by atoms with Crippen molar-refractivity contribution in [2.24, 2.45) is 0 Å². The molecular formula is C26H22N2O7S. The summed E-state index contributed by atoms with van der Waals surface area (Å²) in [5.41, 5.74) is 2.19. The van der Waals surface area contributed by atoms with Gasteiger partial charge in [-0.05, 0) is 60.9 Å². The molecule has 0 aliphatic carbocycles. The lowest BCUT2D eigenvalue weighted by Crippen LogP contribution is -2.35. The van der Waals surface area contributed by atoms with E-state index in [0.29, 0.717) is 30.1 Å². The molecule has 2 aliphatic rings. The molecule has 3 aromatic rings. The number of hydrogen-bond acceptors (Lipinski definition) is 7. The number of ketones is 1. The Morgan fingerprint density at radius 1 is 1.00 bits per heavy atom. The quantitative estimate of drug-likeness (QED) is 0.403. The molecule has 3 aromatic carbocycles. The highest BCUT2D eigenvalue weighted by Gasteiger charge is 2.29. The molecule has 5 rings (SSSR count). The van der Waals surface area contributed by atoms with Gasteiger partial charge in [0.25, 0.3) is 15.9 Å². The van der Waals surface area contributed by atoms with E-state index in [9.17, 15) is 22.8 Å². The summed E-state index contributed by atoms with van der Waals surface area (Å²) in [5.74, 6) is -1.20. The fourth-order valence-electron chi connectivity index (χ4n) is 4.21. The van der Waals surface area contributed by atoms with Crippen molar-refractivity contribution in [3.8, 4) is 5.75 Å². The Labute approximate surface area is 207 Å². The first kappa shape index (κ1) is 23.6. The van der Waals surface area contributed by atoms with Crippen molar-refractivity contribution in [3.05, 3.63) is 83.4 Å². The number of para-hydroxylation sites is 1. The number of amides is 1. The number of esters is 1. The molecule has 0 unspecified atom stereocenters. The van der Waals surface area contributed by atoms with Crippen molar-refractivity contribution < 1.29 is 32.3 Å². The maximum Gasteiger partial charge on any atom is 0.338 e. The van der Waals surface area contributed by atoms with Crippen molar-refractivity contribution >= 4 is 39.1 Å². The van der Waals surface area contributed by atoms with Crippen LogP contribution in [0.15, 0.2) is 71.6 Å². The van der Waals surface area contributed by atoms with Crippen molar-refractivity contribution in [2.75, 3.05) is 29.4 Å². The number of carbonyl (C=O) groups excluding carboxylic acids is 3. The zero-order chi connectivity index (χ0) is 25.3. The number of sulfonamides is 1. The highest BCUT2D eigenvalue weighted by Crippen LogP contribution is 2.32. The van der Waals surface area contributed by atoms with E-state index in [0.717, 1.165) is 12.0 Å². The van der Waals surface area contributed by atoms with Crippen LogP contribution in [0.3, 0.4) is 0 Å². The number of nitrogens with one attached hydrogen (secondary N) is 1. The summed E-state index contributed by atoms with van der Waals surface area (Å²) in [6, 6.07) is 17.4. The number of aryl methyl sites for hydroxylation is 1. The first-order valence-corrected chi connectivity index (χ1v) is 12.7. The maximum atomic E-state index is 13.4. The highest BCUT2D eigenvalue weighted by molar-refractivity contribution is 7.92. The third kappa shape index (κ3) is 4.55. The molecule has 9 nitrogen and oxygen atoms in total. The first-order valence-electron chi connectivity index (χ1n) is 11.3. The summed E-state index contributed by atoms with van der Waals surface area (Å²) in [6.07, 6.45) is 1.49. The Morgan fingerprint density at radius 3 is 2.69 bits per heavy atom. The fraction of sp³-hybridized carbons (Fsp3) is 0.192. The molecule has 1 amide bonds.